The van der Waals surface area contributed by atoms with Crippen LogP contribution in [-0.2, 0) is 0 Å². The molecule has 3 atom stereocenters. The van der Waals surface area contributed by atoms with Gasteiger partial charge in [0, 0.05) is 17.7 Å². The monoisotopic (exact) mass is 354 g/mol. The summed E-state index contributed by atoms with van der Waals surface area (Å²) in [5.41, 5.74) is 5.84. The first kappa shape index (κ1) is 16.2. The average molecular weight is 355 g/mol. The van der Waals surface area contributed by atoms with Crippen LogP contribution < -0.4 is 5.32 Å². The van der Waals surface area contributed by atoms with Gasteiger partial charge in [-0.05, 0) is 48.9 Å². The van der Waals surface area contributed by atoms with Crippen molar-refractivity contribution in [2.75, 3.05) is 5.32 Å². The van der Waals surface area contributed by atoms with Crippen molar-refractivity contribution in [3.05, 3.63) is 79.9 Å². The highest BCUT2D eigenvalue weighted by atomic mass is 35.5. The molecule has 0 aromatic heterocycles. The second kappa shape index (κ2) is 5.88. The Hall–Kier alpha value is -2.33. The van der Waals surface area contributed by atoms with E-state index in [1.165, 1.54) is 16.7 Å². The molecule has 1 aliphatic heterocycles. The van der Waals surface area contributed by atoms with Gasteiger partial charge in [-0.15, -0.1) is 0 Å². The summed E-state index contributed by atoms with van der Waals surface area (Å²) in [6.45, 7) is 4.23. The normalized spacial score (nSPS) is 23.7. The fourth-order valence-corrected chi connectivity index (χ4v) is 4.45. The number of hydrogen-bond acceptors (Lipinski definition) is 3. The molecule has 5 heteroatoms. The third-order valence-corrected chi connectivity index (χ3v) is 5.66. The molecule has 1 heterocycles. The van der Waals surface area contributed by atoms with Gasteiger partial charge in [0.25, 0.3) is 5.69 Å². The van der Waals surface area contributed by atoms with E-state index in [4.69, 9.17) is 11.6 Å². The second-order valence-electron chi connectivity index (χ2n) is 6.99. The van der Waals surface area contributed by atoms with Gasteiger partial charge in [0.1, 0.15) is 5.02 Å². The molecule has 0 amide bonds. The van der Waals surface area contributed by atoms with E-state index in [2.05, 4.69) is 43.4 Å². The number of anilines is 1. The average Bonchev–Trinajstić information content (AvgIpc) is 3.04. The van der Waals surface area contributed by atoms with Crippen molar-refractivity contribution in [3.8, 4) is 0 Å². The Morgan fingerprint density at radius 3 is 2.80 bits per heavy atom. The highest BCUT2D eigenvalue weighted by Gasteiger charge is 2.39. The van der Waals surface area contributed by atoms with Gasteiger partial charge in [0.2, 0.25) is 0 Å². The van der Waals surface area contributed by atoms with Crippen LogP contribution in [0.5, 0.6) is 0 Å². The molecule has 0 bridgehead atoms. The lowest BCUT2D eigenvalue weighted by Gasteiger charge is -2.38. The van der Waals surface area contributed by atoms with Crippen LogP contribution >= 0.6 is 11.6 Å². The van der Waals surface area contributed by atoms with Gasteiger partial charge in [0.05, 0.1) is 11.0 Å². The Kier molecular flexibility index (Phi) is 3.80. The molecule has 0 radical (unpaired) electrons. The smallest absolute Gasteiger partial charge is 0.288 e. The zero-order chi connectivity index (χ0) is 17.7. The molecule has 2 aromatic rings. The molecular weight excluding hydrogens is 336 g/mol. The lowest BCUT2D eigenvalue weighted by atomic mass is 9.76. The number of hydrogen-bond donors (Lipinski definition) is 1. The van der Waals surface area contributed by atoms with Gasteiger partial charge in [-0.3, -0.25) is 10.1 Å². The number of rotatable bonds is 2. The Morgan fingerprint density at radius 2 is 2.04 bits per heavy atom. The molecule has 0 fully saturated rings. The summed E-state index contributed by atoms with van der Waals surface area (Å²) in [5.74, 6) is 0.698. The number of benzene rings is 2. The van der Waals surface area contributed by atoms with Crippen LogP contribution in [0, 0.1) is 29.9 Å². The number of allylic oxidation sites excluding steroid dienone is 2. The third-order valence-electron chi connectivity index (χ3n) is 5.34. The van der Waals surface area contributed by atoms with Crippen LogP contribution in [0.4, 0.5) is 11.4 Å². The van der Waals surface area contributed by atoms with Crippen molar-refractivity contribution in [2.45, 2.75) is 32.2 Å². The van der Waals surface area contributed by atoms with Crippen molar-refractivity contribution in [2.24, 2.45) is 5.92 Å². The van der Waals surface area contributed by atoms with Crippen molar-refractivity contribution < 1.29 is 4.92 Å². The number of fused-ring (bicyclic) bond motifs is 3. The molecule has 2 aliphatic rings. The number of halogens is 1. The zero-order valence-corrected chi connectivity index (χ0v) is 14.9. The Labute approximate surface area is 151 Å². The van der Waals surface area contributed by atoms with Crippen LogP contribution in [0.1, 0.15) is 40.6 Å². The van der Waals surface area contributed by atoms with E-state index in [0.717, 1.165) is 17.7 Å². The summed E-state index contributed by atoms with van der Waals surface area (Å²) < 4.78 is 0. The first-order chi connectivity index (χ1) is 12.0. The summed E-state index contributed by atoms with van der Waals surface area (Å²) in [6, 6.07) is 9.60. The Balaban J connectivity index is 1.82. The van der Waals surface area contributed by atoms with Gasteiger partial charge in [0.15, 0.2) is 0 Å². The molecule has 1 N–H and O–H groups in total. The van der Waals surface area contributed by atoms with Crippen LogP contribution in [0.25, 0.3) is 0 Å². The van der Waals surface area contributed by atoms with Crippen LogP contribution in [0.15, 0.2) is 42.5 Å². The molecular formula is C20H19ClN2O2. The Morgan fingerprint density at radius 1 is 1.24 bits per heavy atom. The minimum Gasteiger partial charge on any atom is -0.377 e. The van der Waals surface area contributed by atoms with Crippen LogP contribution in [0.3, 0.4) is 0 Å². The molecule has 0 spiro atoms. The highest BCUT2D eigenvalue weighted by molar-refractivity contribution is 6.32. The molecule has 0 saturated carbocycles. The summed E-state index contributed by atoms with van der Waals surface area (Å²) in [7, 11) is 0. The Bertz CT molecular complexity index is 907. The maximum atomic E-state index is 11.3. The number of nitrogens with zero attached hydrogens (tertiary/aromatic N) is 1. The molecule has 1 aliphatic carbocycles. The van der Waals surface area contributed by atoms with E-state index in [0.29, 0.717) is 11.8 Å². The van der Waals surface area contributed by atoms with E-state index < -0.39 is 4.92 Å². The van der Waals surface area contributed by atoms with Crippen molar-refractivity contribution in [3.63, 3.8) is 0 Å². The molecule has 4 rings (SSSR count). The van der Waals surface area contributed by atoms with E-state index >= 15 is 0 Å². The predicted octanol–water partition coefficient (Wildman–Crippen LogP) is 5.69. The number of aryl methyl sites for hydroxylation is 2. The highest BCUT2D eigenvalue weighted by Crippen LogP contribution is 2.51. The van der Waals surface area contributed by atoms with Crippen LogP contribution in [0.2, 0.25) is 5.02 Å². The van der Waals surface area contributed by atoms with E-state index in [1.807, 2.05) is 6.07 Å². The maximum absolute atomic E-state index is 11.3. The minimum absolute atomic E-state index is 0.0323. The lowest BCUT2D eigenvalue weighted by molar-refractivity contribution is -0.384. The van der Waals surface area contributed by atoms with E-state index in [9.17, 15) is 10.1 Å². The summed E-state index contributed by atoms with van der Waals surface area (Å²) in [5, 5.41) is 15.1. The van der Waals surface area contributed by atoms with Gasteiger partial charge in [-0.25, -0.2) is 0 Å². The number of nitrogens with one attached hydrogen (secondary N) is 1. The summed E-state index contributed by atoms with van der Waals surface area (Å²) in [4.78, 5) is 10.8. The fourth-order valence-electron chi connectivity index (χ4n) is 4.27. The number of nitro benzene ring substituents is 1. The molecule has 0 saturated heterocycles. The van der Waals surface area contributed by atoms with Crippen LogP contribution in [-0.4, -0.2) is 4.92 Å². The molecule has 0 unspecified atom stereocenters. The van der Waals surface area contributed by atoms with Gasteiger partial charge < -0.3 is 5.32 Å². The zero-order valence-electron chi connectivity index (χ0n) is 14.1. The quantitative estimate of drug-likeness (QED) is 0.428. The molecule has 128 valence electrons. The molecule has 25 heavy (non-hydrogen) atoms. The van der Waals surface area contributed by atoms with Crippen molar-refractivity contribution in [1.29, 1.82) is 0 Å². The minimum atomic E-state index is -0.415. The standard InChI is InChI=1S/C20H19ClN2O2/c1-11-8-12(2)19-16(9-11)14-4-3-5-15(14)20(22-19)13-6-7-17(21)18(10-13)23(24)25/h3-4,6-10,14-15,20,22H,5H2,1-2H3/t14-,15-,20-/m1/s1. The topological polar surface area (TPSA) is 55.2 Å². The third kappa shape index (κ3) is 2.61. The molecule has 2 aromatic carbocycles. The molecule has 4 nitrogen and oxygen atoms in total. The number of nitro groups is 1. The SMILES string of the molecule is Cc1cc(C)c2c(c1)[C@@H]1C=CC[C@H]1[C@@H](c1ccc(Cl)c([N+](=O)[O-])c1)N2. The van der Waals surface area contributed by atoms with E-state index in [1.54, 1.807) is 12.1 Å². The summed E-state index contributed by atoms with van der Waals surface area (Å²) >= 11 is 5.99. The summed E-state index contributed by atoms with van der Waals surface area (Å²) in [6.07, 6.45) is 5.47. The maximum Gasteiger partial charge on any atom is 0.288 e. The van der Waals surface area contributed by atoms with Gasteiger partial charge in [-0.1, -0.05) is 47.5 Å². The predicted molar refractivity (Wildman–Crippen MR) is 100 cm³/mol. The largest absolute Gasteiger partial charge is 0.377 e. The lowest BCUT2D eigenvalue weighted by Crippen LogP contribution is -2.29. The van der Waals surface area contributed by atoms with Crippen molar-refractivity contribution in [1.82, 2.24) is 0 Å². The van der Waals surface area contributed by atoms with Crippen molar-refractivity contribution >= 4 is 23.0 Å². The first-order valence-electron chi connectivity index (χ1n) is 8.44. The van der Waals surface area contributed by atoms with Gasteiger partial charge >= 0.3 is 0 Å². The van der Waals surface area contributed by atoms with E-state index in [-0.39, 0.29) is 16.8 Å². The first-order valence-corrected chi connectivity index (χ1v) is 8.81. The fraction of sp³-hybridized carbons (Fsp3) is 0.300. The van der Waals surface area contributed by atoms with Gasteiger partial charge in [-0.2, -0.15) is 0 Å². The second-order valence-corrected chi connectivity index (χ2v) is 7.40.